The Balaban J connectivity index is 1.72. The van der Waals surface area contributed by atoms with Gasteiger partial charge in [0.05, 0.1) is 13.5 Å². The molecule has 0 fully saturated rings. The number of aryl methyl sites for hydroxylation is 1. The first-order valence-electron chi connectivity index (χ1n) is 7.32. The van der Waals surface area contributed by atoms with Crippen molar-refractivity contribution in [1.82, 2.24) is 5.32 Å². The van der Waals surface area contributed by atoms with E-state index in [4.69, 9.17) is 4.74 Å². The summed E-state index contributed by atoms with van der Waals surface area (Å²) < 4.78 is 18.1. The highest BCUT2D eigenvalue weighted by Gasteiger charge is 2.04. The van der Waals surface area contributed by atoms with Crippen molar-refractivity contribution in [2.24, 2.45) is 0 Å². The van der Waals surface area contributed by atoms with E-state index in [1.54, 1.807) is 19.2 Å². The Kier molecular flexibility index (Phi) is 5.95. The van der Waals surface area contributed by atoms with Crippen LogP contribution in [0.2, 0.25) is 0 Å². The maximum atomic E-state index is 12.8. The van der Waals surface area contributed by atoms with Gasteiger partial charge in [0.1, 0.15) is 11.6 Å². The van der Waals surface area contributed by atoms with Crippen LogP contribution in [0.1, 0.15) is 17.5 Å². The van der Waals surface area contributed by atoms with Crippen LogP contribution >= 0.6 is 0 Å². The Morgan fingerprint density at radius 2 is 1.86 bits per heavy atom. The Bertz CT molecular complexity index is 611. The topological polar surface area (TPSA) is 38.3 Å². The van der Waals surface area contributed by atoms with Gasteiger partial charge in [-0.25, -0.2) is 4.39 Å². The van der Waals surface area contributed by atoms with Crippen LogP contribution in [0.4, 0.5) is 4.39 Å². The van der Waals surface area contributed by atoms with Gasteiger partial charge in [-0.05, 0) is 42.2 Å². The maximum absolute atomic E-state index is 12.8. The second kappa shape index (κ2) is 8.17. The highest BCUT2D eigenvalue weighted by Crippen LogP contribution is 2.18. The molecule has 0 spiro atoms. The number of hydrogen-bond acceptors (Lipinski definition) is 2. The molecule has 0 aromatic heterocycles. The highest BCUT2D eigenvalue weighted by molar-refractivity contribution is 5.78. The first-order chi connectivity index (χ1) is 10.7. The molecule has 0 unspecified atom stereocenters. The predicted octanol–water partition coefficient (Wildman–Crippen LogP) is 3.13. The van der Waals surface area contributed by atoms with Gasteiger partial charge in [-0.3, -0.25) is 4.79 Å². The highest BCUT2D eigenvalue weighted by atomic mass is 19.1. The quantitative estimate of drug-likeness (QED) is 0.798. The standard InChI is InChI=1S/C18H20FNO2/c1-22-17-7-3-2-5-15(17)6-4-12-20-18(21)13-14-8-10-16(19)11-9-14/h2-3,5,7-11H,4,6,12-13H2,1H3,(H,20,21). The van der Waals surface area contributed by atoms with E-state index in [9.17, 15) is 9.18 Å². The van der Waals surface area contributed by atoms with Crippen LogP contribution in [0.3, 0.4) is 0 Å². The molecule has 4 heteroatoms. The molecule has 0 radical (unpaired) electrons. The molecule has 2 aromatic rings. The van der Waals surface area contributed by atoms with Crippen molar-refractivity contribution in [2.75, 3.05) is 13.7 Å². The lowest BCUT2D eigenvalue weighted by molar-refractivity contribution is -0.120. The van der Waals surface area contributed by atoms with Gasteiger partial charge in [-0.15, -0.1) is 0 Å². The molecule has 0 aliphatic carbocycles. The van der Waals surface area contributed by atoms with Crippen LogP contribution in [0, 0.1) is 5.82 Å². The Labute approximate surface area is 130 Å². The molecule has 0 saturated heterocycles. The van der Waals surface area contributed by atoms with E-state index < -0.39 is 0 Å². The largest absolute Gasteiger partial charge is 0.496 e. The van der Waals surface area contributed by atoms with Crippen LogP contribution in [-0.2, 0) is 17.6 Å². The van der Waals surface area contributed by atoms with Crippen molar-refractivity contribution in [1.29, 1.82) is 0 Å². The van der Waals surface area contributed by atoms with E-state index in [0.29, 0.717) is 6.54 Å². The summed E-state index contributed by atoms with van der Waals surface area (Å²) >= 11 is 0. The fourth-order valence-electron chi connectivity index (χ4n) is 2.27. The average molecular weight is 301 g/mol. The minimum atomic E-state index is -0.291. The summed E-state index contributed by atoms with van der Waals surface area (Å²) in [7, 11) is 1.66. The molecule has 0 aliphatic rings. The number of methoxy groups -OCH3 is 1. The molecule has 0 aliphatic heterocycles. The molecule has 116 valence electrons. The third-order valence-corrected chi connectivity index (χ3v) is 3.42. The number of amides is 1. The number of para-hydroxylation sites is 1. The fourth-order valence-corrected chi connectivity index (χ4v) is 2.27. The summed E-state index contributed by atoms with van der Waals surface area (Å²) in [4.78, 5) is 11.8. The van der Waals surface area contributed by atoms with Crippen molar-refractivity contribution >= 4 is 5.91 Å². The molecule has 22 heavy (non-hydrogen) atoms. The van der Waals surface area contributed by atoms with Crippen LogP contribution in [0.5, 0.6) is 5.75 Å². The number of rotatable bonds is 7. The summed E-state index contributed by atoms with van der Waals surface area (Å²) in [5.74, 6) is 0.535. The van der Waals surface area contributed by atoms with E-state index in [2.05, 4.69) is 5.32 Å². The molecular formula is C18H20FNO2. The third-order valence-electron chi connectivity index (χ3n) is 3.42. The molecule has 0 atom stereocenters. The molecule has 0 bridgehead atoms. The van der Waals surface area contributed by atoms with E-state index in [1.807, 2.05) is 24.3 Å². The van der Waals surface area contributed by atoms with Crippen molar-refractivity contribution < 1.29 is 13.9 Å². The number of hydrogen-bond donors (Lipinski definition) is 1. The monoisotopic (exact) mass is 301 g/mol. The first kappa shape index (κ1) is 16.0. The number of nitrogens with one attached hydrogen (secondary N) is 1. The molecule has 0 saturated carbocycles. The number of carbonyl (C=O) groups excluding carboxylic acids is 1. The van der Waals surface area contributed by atoms with Crippen LogP contribution in [0.15, 0.2) is 48.5 Å². The third kappa shape index (κ3) is 4.88. The van der Waals surface area contributed by atoms with E-state index >= 15 is 0 Å². The zero-order valence-electron chi connectivity index (χ0n) is 12.6. The Morgan fingerprint density at radius 3 is 2.59 bits per heavy atom. The van der Waals surface area contributed by atoms with E-state index in [-0.39, 0.29) is 18.1 Å². The summed E-state index contributed by atoms with van der Waals surface area (Å²) in [6.45, 7) is 0.609. The zero-order chi connectivity index (χ0) is 15.8. The summed E-state index contributed by atoms with van der Waals surface area (Å²) in [5, 5.41) is 2.88. The smallest absolute Gasteiger partial charge is 0.224 e. The number of benzene rings is 2. The van der Waals surface area contributed by atoms with Crippen LogP contribution < -0.4 is 10.1 Å². The lowest BCUT2D eigenvalue weighted by atomic mass is 10.1. The van der Waals surface area contributed by atoms with E-state index in [1.165, 1.54) is 12.1 Å². The molecule has 0 heterocycles. The fraction of sp³-hybridized carbons (Fsp3) is 0.278. The van der Waals surface area contributed by atoms with Crippen molar-refractivity contribution in [2.45, 2.75) is 19.3 Å². The normalized spacial score (nSPS) is 10.3. The Hall–Kier alpha value is -2.36. The summed E-state index contributed by atoms with van der Waals surface area (Å²) in [6.07, 6.45) is 1.96. The molecular weight excluding hydrogens is 281 g/mol. The van der Waals surface area contributed by atoms with Gasteiger partial charge in [-0.1, -0.05) is 30.3 Å². The number of carbonyl (C=O) groups is 1. The maximum Gasteiger partial charge on any atom is 0.224 e. The lowest BCUT2D eigenvalue weighted by Crippen LogP contribution is -2.26. The first-order valence-corrected chi connectivity index (χ1v) is 7.32. The van der Waals surface area contributed by atoms with Gasteiger partial charge in [0, 0.05) is 6.54 Å². The van der Waals surface area contributed by atoms with Crippen LogP contribution in [-0.4, -0.2) is 19.6 Å². The van der Waals surface area contributed by atoms with Gasteiger partial charge < -0.3 is 10.1 Å². The molecule has 3 nitrogen and oxygen atoms in total. The molecule has 1 N–H and O–H groups in total. The second-order valence-corrected chi connectivity index (χ2v) is 5.07. The SMILES string of the molecule is COc1ccccc1CCCNC(=O)Cc1ccc(F)cc1. The molecule has 2 rings (SSSR count). The average Bonchev–Trinajstić information content (AvgIpc) is 2.54. The zero-order valence-corrected chi connectivity index (χ0v) is 12.6. The van der Waals surface area contributed by atoms with Gasteiger partial charge in [0.15, 0.2) is 0 Å². The van der Waals surface area contributed by atoms with Gasteiger partial charge in [0.2, 0.25) is 5.91 Å². The van der Waals surface area contributed by atoms with Crippen LogP contribution in [0.25, 0.3) is 0 Å². The number of ether oxygens (including phenoxy) is 1. The minimum absolute atomic E-state index is 0.0494. The molecule has 2 aromatic carbocycles. The van der Waals surface area contributed by atoms with Crippen molar-refractivity contribution in [3.05, 3.63) is 65.5 Å². The molecule has 1 amide bonds. The predicted molar refractivity (Wildman–Crippen MR) is 84.4 cm³/mol. The van der Waals surface area contributed by atoms with Crippen molar-refractivity contribution in [3.63, 3.8) is 0 Å². The second-order valence-electron chi connectivity index (χ2n) is 5.07. The van der Waals surface area contributed by atoms with Crippen molar-refractivity contribution in [3.8, 4) is 5.75 Å². The minimum Gasteiger partial charge on any atom is -0.496 e. The summed E-state index contributed by atoms with van der Waals surface area (Å²) in [5.41, 5.74) is 1.95. The summed E-state index contributed by atoms with van der Waals surface area (Å²) in [6, 6.07) is 13.9. The van der Waals surface area contributed by atoms with E-state index in [0.717, 1.165) is 29.7 Å². The van der Waals surface area contributed by atoms with Gasteiger partial charge >= 0.3 is 0 Å². The van der Waals surface area contributed by atoms with Gasteiger partial charge in [0.25, 0.3) is 0 Å². The lowest BCUT2D eigenvalue weighted by Gasteiger charge is -2.09. The van der Waals surface area contributed by atoms with Gasteiger partial charge in [-0.2, -0.15) is 0 Å². The Morgan fingerprint density at radius 1 is 1.14 bits per heavy atom. The number of halogens is 1.